The lowest BCUT2D eigenvalue weighted by atomic mass is 9.83. The van der Waals surface area contributed by atoms with Crippen LogP contribution in [-0.2, 0) is 0 Å². The second-order valence-electron chi connectivity index (χ2n) is 7.62. The summed E-state index contributed by atoms with van der Waals surface area (Å²) < 4.78 is 11.6. The highest BCUT2D eigenvalue weighted by Crippen LogP contribution is 2.42. The Balaban J connectivity index is 2.41. The number of hydrogen-bond donors (Lipinski definition) is 0. The van der Waals surface area contributed by atoms with Crippen LogP contribution in [0.5, 0.6) is 11.5 Å². The van der Waals surface area contributed by atoms with Gasteiger partial charge in [0.2, 0.25) is 0 Å². The van der Waals surface area contributed by atoms with Gasteiger partial charge in [0.25, 0.3) is 0 Å². The highest BCUT2D eigenvalue weighted by molar-refractivity contribution is 6.89. The molecule has 1 aliphatic carbocycles. The maximum Gasteiger partial charge on any atom is 0.125 e. The van der Waals surface area contributed by atoms with Crippen molar-refractivity contribution in [2.45, 2.75) is 76.9 Å². The molecule has 1 aromatic rings. The second-order valence-corrected chi connectivity index (χ2v) is 12.5. The van der Waals surface area contributed by atoms with Crippen LogP contribution in [0.2, 0.25) is 19.1 Å². The van der Waals surface area contributed by atoms with Crippen LogP contribution in [0, 0.1) is 0 Å². The zero-order chi connectivity index (χ0) is 16.9. The Labute approximate surface area is 143 Å². The van der Waals surface area contributed by atoms with Crippen molar-refractivity contribution in [2.75, 3.05) is 14.2 Å². The van der Waals surface area contributed by atoms with Gasteiger partial charge in [-0.1, -0.05) is 63.4 Å². The molecule has 0 spiro atoms. The van der Waals surface area contributed by atoms with Crippen LogP contribution < -0.4 is 14.7 Å². The first-order valence-corrected chi connectivity index (χ1v) is 12.5. The Morgan fingerprint density at radius 3 is 2.04 bits per heavy atom. The van der Waals surface area contributed by atoms with E-state index in [0.29, 0.717) is 5.92 Å². The van der Waals surface area contributed by atoms with Crippen LogP contribution in [0.25, 0.3) is 0 Å². The Morgan fingerprint density at radius 2 is 1.57 bits per heavy atom. The highest BCUT2D eigenvalue weighted by Gasteiger charge is 2.29. The van der Waals surface area contributed by atoms with Gasteiger partial charge in [-0.3, -0.25) is 0 Å². The molecule has 2 rings (SSSR count). The van der Waals surface area contributed by atoms with Crippen LogP contribution in [0.3, 0.4) is 0 Å². The van der Waals surface area contributed by atoms with Gasteiger partial charge in [-0.15, -0.1) is 0 Å². The van der Waals surface area contributed by atoms with Gasteiger partial charge >= 0.3 is 0 Å². The van der Waals surface area contributed by atoms with Crippen molar-refractivity contribution >= 4 is 13.3 Å². The maximum absolute atomic E-state index is 5.82. The van der Waals surface area contributed by atoms with Gasteiger partial charge in [-0.05, 0) is 30.9 Å². The summed E-state index contributed by atoms with van der Waals surface area (Å²) in [4.78, 5) is 0. The molecule has 0 unspecified atom stereocenters. The van der Waals surface area contributed by atoms with Crippen molar-refractivity contribution in [3.05, 3.63) is 17.7 Å². The predicted octanol–water partition coefficient (Wildman–Crippen LogP) is 5.47. The van der Waals surface area contributed by atoms with E-state index in [-0.39, 0.29) is 0 Å². The fraction of sp³-hybridized carbons (Fsp3) is 0.700. The van der Waals surface area contributed by atoms with Gasteiger partial charge in [-0.25, -0.2) is 0 Å². The van der Waals surface area contributed by atoms with E-state index in [2.05, 4.69) is 32.2 Å². The van der Waals surface area contributed by atoms with Crippen LogP contribution >= 0.6 is 0 Å². The normalized spacial score (nSPS) is 16.4. The molecule has 3 heteroatoms. The lowest BCUT2D eigenvalue weighted by Gasteiger charge is -2.29. The van der Waals surface area contributed by atoms with E-state index in [0.717, 1.165) is 11.5 Å². The van der Waals surface area contributed by atoms with Crippen LogP contribution in [-0.4, -0.2) is 22.3 Å². The molecule has 0 amide bonds. The lowest BCUT2D eigenvalue weighted by molar-refractivity contribution is 0.360. The molecule has 1 fully saturated rings. The molecule has 0 atom stereocenters. The van der Waals surface area contributed by atoms with E-state index in [1.165, 1.54) is 61.7 Å². The second kappa shape index (κ2) is 8.23. The third-order valence-corrected chi connectivity index (χ3v) is 8.95. The Kier molecular flexibility index (Phi) is 6.57. The number of hydrogen-bond acceptors (Lipinski definition) is 2. The summed E-state index contributed by atoms with van der Waals surface area (Å²) in [6, 6.07) is 5.99. The number of benzene rings is 1. The molecule has 0 aliphatic heterocycles. The smallest absolute Gasteiger partial charge is 0.125 e. The highest BCUT2D eigenvalue weighted by atomic mass is 28.3. The summed E-state index contributed by atoms with van der Waals surface area (Å²) in [6.07, 6.45) is 9.14. The van der Waals surface area contributed by atoms with Crippen molar-refractivity contribution < 1.29 is 9.47 Å². The summed E-state index contributed by atoms with van der Waals surface area (Å²) >= 11 is 0. The maximum atomic E-state index is 5.82. The minimum Gasteiger partial charge on any atom is -0.496 e. The molecule has 0 N–H and O–H groups in total. The zero-order valence-corrected chi connectivity index (χ0v) is 16.7. The first-order valence-electron chi connectivity index (χ1n) is 9.30. The van der Waals surface area contributed by atoms with Crippen molar-refractivity contribution in [3.8, 4) is 11.5 Å². The number of ether oxygens (including phenoxy) is 2. The van der Waals surface area contributed by atoms with E-state index in [1.54, 1.807) is 0 Å². The Morgan fingerprint density at radius 1 is 1.00 bits per heavy atom. The Hall–Kier alpha value is -0.963. The SMILES string of the molecule is CCCC[Si](C)(C)c1cc(OC)c(C2CCCCC2)c(OC)c1. The lowest BCUT2D eigenvalue weighted by Crippen LogP contribution is -2.41. The summed E-state index contributed by atoms with van der Waals surface area (Å²) in [6.45, 7) is 7.21. The molecule has 0 radical (unpaired) electrons. The summed E-state index contributed by atoms with van der Waals surface area (Å²) in [5, 5.41) is 1.47. The predicted molar refractivity (Wildman–Crippen MR) is 102 cm³/mol. The minimum absolute atomic E-state index is 0.600. The van der Waals surface area contributed by atoms with Crippen molar-refractivity contribution in [3.63, 3.8) is 0 Å². The summed E-state index contributed by atoms with van der Waals surface area (Å²) in [7, 11) is 2.19. The Bertz CT molecular complexity index is 479. The van der Waals surface area contributed by atoms with Gasteiger partial charge in [0.15, 0.2) is 0 Å². The van der Waals surface area contributed by atoms with Gasteiger partial charge in [0.1, 0.15) is 11.5 Å². The van der Waals surface area contributed by atoms with E-state index in [1.807, 2.05) is 14.2 Å². The number of unbranched alkanes of at least 4 members (excludes halogenated alkanes) is 1. The van der Waals surface area contributed by atoms with Gasteiger partial charge < -0.3 is 9.47 Å². The van der Waals surface area contributed by atoms with Gasteiger partial charge in [0, 0.05) is 5.56 Å². The fourth-order valence-corrected chi connectivity index (χ4v) is 6.46. The topological polar surface area (TPSA) is 18.5 Å². The minimum atomic E-state index is -1.43. The van der Waals surface area contributed by atoms with Crippen LogP contribution in [0.4, 0.5) is 0 Å². The van der Waals surface area contributed by atoms with Crippen LogP contribution in [0.1, 0.15) is 63.4 Å². The molecule has 1 aromatic carbocycles. The monoisotopic (exact) mass is 334 g/mol. The van der Waals surface area contributed by atoms with Crippen LogP contribution in [0.15, 0.2) is 12.1 Å². The molecule has 0 saturated heterocycles. The molecule has 23 heavy (non-hydrogen) atoms. The average Bonchev–Trinajstić information content (AvgIpc) is 2.59. The molecule has 1 saturated carbocycles. The molecule has 0 heterocycles. The van der Waals surface area contributed by atoms with Crippen molar-refractivity contribution in [1.29, 1.82) is 0 Å². The average molecular weight is 335 g/mol. The quantitative estimate of drug-likeness (QED) is 0.616. The number of rotatable bonds is 7. The van der Waals surface area contributed by atoms with E-state index in [4.69, 9.17) is 9.47 Å². The van der Waals surface area contributed by atoms with Crippen molar-refractivity contribution in [1.82, 2.24) is 0 Å². The molecular formula is C20H34O2Si. The number of methoxy groups -OCH3 is 2. The van der Waals surface area contributed by atoms with Gasteiger partial charge in [-0.2, -0.15) is 0 Å². The summed E-state index contributed by atoms with van der Waals surface area (Å²) in [5.41, 5.74) is 1.32. The first-order chi connectivity index (χ1) is 11.0. The summed E-state index contributed by atoms with van der Waals surface area (Å²) in [5.74, 6) is 2.72. The molecule has 0 aromatic heterocycles. The molecule has 2 nitrogen and oxygen atoms in total. The van der Waals surface area contributed by atoms with Gasteiger partial charge in [0.05, 0.1) is 22.3 Å². The molecule has 130 valence electrons. The molecule has 0 bridgehead atoms. The van der Waals surface area contributed by atoms with E-state index in [9.17, 15) is 0 Å². The molecular weight excluding hydrogens is 300 g/mol. The zero-order valence-electron chi connectivity index (χ0n) is 15.7. The first kappa shape index (κ1) is 18.4. The van der Waals surface area contributed by atoms with E-state index < -0.39 is 8.07 Å². The van der Waals surface area contributed by atoms with E-state index >= 15 is 0 Å². The standard InChI is InChI=1S/C20H34O2Si/c1-6-7-13-23(4,5)17-14-18(21-2)20(19(15-17)22-3)16-11-9-8-10-12-16/h14-16H,6-13H2,1-5H3. The third-order valence-electron chi connectivity index (χ3n) is 5.49. The fourth-order valence-electron chi connectivity index (χ4n) is 3.89. The molecule has 1 aliphatic rings. The largest absolute Gasteiger partial charge is 0.496 e. The third kappa shape index (κ3) is 4.31. The van der Waals surface area contributed by atoms with Crippen molar-refractivity contribution in [2.24, 2.45) is 0 Å².